The van der Waals surface area contributed by atoms with Gasteiger partial charge in [0.05, 0.1) is 18.4 Å². The fraction of sp³-hybridized carbons (Fsp3) is 0.440. The molecule has 2 fully saturated rings. The van der Waals surface area contributed by atoms with Gasteiger partial charge in [0.1, 0.15) is 5.60 Å². The molecule has 10 radical (unpaired) electrons. The quantitative estimate of drug-likeness (QED) is 0.226. The van der Waals surface area contributed by atoms with Gasteiger partial charge in [-0.1, -0.05) is 0 Å². The van der Waals surface area contributed by atoms with Gasteiger partial charge in [0.15, 0.2) is 0 Å². The van der Waals surface area contributed by atoms with Crippen molar-refractivity contribution in [2.24, 2.45) is 0 Å². The zero-order chi connectivity index (χ0) is 25.4. The van der Waals surface area contributed by atoms with Crippen LogP contribution in [-0.4, -0.2) is 55.7 Å². The largest absolute Gasteiger partial charge is 2.00 e. The summed E-state index contributed by atoms with van der Waals surface area (Å²) >= 11 is 0. The minimum absolute atomic E-state index is 0. The van der Waals surface area contributed by atoms with Gasteiger partial charge >= 0.3 is 29.1 Å². The fourth-order valence-corrected chi connectivity index (χ4v) is 2.58. The zero-order valence-electron chi connectivity index (χ0n) is 20.7. The SMILES string of the molecule is CC(C)(C)OC(=O)NCCNC(=O)[C]1[CH][CH][CH][CH]1.CCOC(=O)CCCNC(=O)[C]1[CH][CH][CH][CH]1.[Fe+2]. The van der Waals surface area contributed by atoms with Gasteiger partial charge in [0.25, 0.3) is 0 Å². The van der Waals surface area contributed by atoms with E-state index in [0.29, 0.717) is 50.9 Å². The molecular formula is C25H35FeN3O6+2. The molecule has 0 unspecified atom stereocenters. The van der Waals surface area contributed by atoms with Crippen LogP contribution in [0.1, 0.15) is 40.5 Å². The minimum Gasteiger partial charge on any atom is -0.466 e. The van der Waals surface area contributed by atoms with Crippen molar-refractivity contribution in [2.45, 2.75) is 46.1 Å². The minimum atomic E-state index is -0.511. The van der Waals surface area contributed by atoms with Crippen LogP contribution in [0.5, 0.6) is 0 Å². The summed E-state index contributed by atoms with van der Waals surface area (Å²) < 4.78 is 9.82. The Morgan fingerprint density at radius 3 is 1.69 bits per heavy atom. The van der Waals surface area contributed by atoms with Crippen molar-refractivity contribution in [2.75, 3.05) is 26.2 Å². The molecule has 0 saturated heterocycles. The molecule has 3 amide bonds. The molecule has 10 heteroatoms. The smallest absolute Gasteiger partial charge is 0.466 e. The van der Waals surface area contributed by atoms with Gasteiger partial charge < -0.3 is 25.4 Å². The Morgan fingerprint density at radius 2 is 1.23 bits per heavy atom. The van der Waals surface area contributed by atoms with Crippen molar-refractivity contribution in [3.8, 4) is 0 Å². The average Bonchev–Trinajstić information content (AvgIpc) is 3.48. The summed E-state index contributed by atoms with van der Waals surface area (Å²) in [5, 5.41) is 7.99. The molecule has 9 nitrogen and oxygen atoms in total. The third kappa shape index (κ3) is 16.5. The standard InChI is InChI=1S/C13H19N2O3.C12H16NO3.Fe/c1-13(2,3)18-12(17)15-9-8-14-11(16)10-6-4-5-7-10;1-2-16-11(14)8-5-9-13-12(15)10-6-3-4-7-10;/h4-7H,8-9H2,1-3H3,(H,14,16)(H,15,17);3-4,6-7H,2,5,8-9H2,1H3,(H,13,15);/q;;+2. The van der Waals surface area contributed by atoms with E-state index in [1.807, 2.05) is 12.8 Å². The van der Waals surface area contributed by atoms with Crippen LogP contribution in [0.25, 0.3) is 0 Å². The Labute approximate surface area is 221 Å². The first kappa shape index (κ1) is 33.2. The van der Waals surface area contributed by atoms with Crippen LogP contribution in [0, 0.1) is 63.2 Å². The maximum Gasteiger partial charge on any atom is 2.00 e. The maximum atomic E-state index is 11.5. The second-order valence-corrected chi connectivity index (χ2v) is 8.20. The van der Waals surface area contributed by atoms with E-state index in [9.17, 15) is 19.2 Å². The zero-order valence-corrected chi connectivity index (χ0v) is 21.8. The first-order valence-corrected chi connectivity index (χ1v) is 11.2. The predicted octanol–water partition coefficient (Wildman–Crippen LogP) is 1.88. The van der Waals surface area contributed by atoms with Crippen LogP contribution in [0.3, 0.4) is 0 Å². The summed E-state index contributed by atoms with van der Waals surface area (Å²) in [4.78, 5) is 45.2. The van der Waals surface area contributed by atoms with E-state index in [1.165, 1.54) is 0 Å². The van der Waals surface area contributed by atoms with Gasteiger partial charge in [-0.05, 0) is 85.5 Å². The Kier molecular flexibility index (Phi) is 17.5. The third-order valence-electron chi connectivity index (χ3n) is 4.08. The van der Waals surface area contributed by atoms with Crippen molar-refractivity contribution >= 4 is 23.9 Å². The molecule has 2 rings (SSSR count). The molecule has 0 spiro atoms. The van der Waals surface area contributed by atoms with Gasteiger partial charge in [-0.3, -0.25) is 14.4 Å². The Hall–Kier alpha value is -1.80. The normalized spacial score (nSPS) is 15.8. The van der Waals surface area contributed by atoms with Crippen molar-refractivity contribution in [1.82, 2.24) is 16.0 Å². The molecule has 35 heavy (non-hydrogen) atoms. The van der Waals surface area contributed by atoms with Gasteiger partial charge in [0.2, 0.25) is 11.8 Å². The van der Waals surface area contributed by atoms with Gasteiger partial charge in [0, 0.05) is 26.1 Å². The van der Waals surface area contributed by atoms with Crippen LogP contribution < -0.4 is 16.0 Å². The number of hydrogen-bond donors (Lipinski definition) is 3. The van der Waals surface area contributed by atoms with E-state index in [-0.39, 0.29) is 34.9 Å². The van der Waals surface area contributed by atoms with Crippen LogP contribution >= 0.6 is 0 Å². The molecule has 2 aliphatic rings. The van der Waals surface area contributed by atoms with Crippen LogP contribution in [0.15, 0.2) is 0 Å². The number of rotatable bonds is 10. The number of carbonyl (C=O) groups excluding carboxylic acids is 4. The first-order valence-electron chi connectivity index (χ1n) is 11.2. The predicted molar refractivity (Wildman–Crippen MR) is 127 cm³/mol. The second kappa shape index (κ2) is 18.5. The summed E-state index contributed by atoms with van der Waals surface area (Å²) in [6.45, 7) is 8.75. The van der Waals surface area contributed by atoms with Crippen LogP contribution in [-0.2, 0) is 40.9 Å². The molecule has 2 saturated carbocycles. The Morgan fingerprint density at radius 1 is 0.771 bits per heavy atom. The number of hydrogen-bond acceptors (Lipinski definition) is 6. The molecule has 0 atom stereocenters. The van der Waals surface area contributed by atoms with E-state index in [1.54, 1.807) is 66.2 Å². The molecular weight excluding hydrogens is 494 g/mol. The van der Waals surface area contributed by atoms with Gasteiger partial charge in [-0.15, -0.1) is 0 Å². The monoisotopic (exact) mass is 529 g/mol. The van der Waals surface area contributed by atoms with E-state index < -0.39 is 11.7 Å². The topological polar surface area (TPSA) is 123 Å². The third-order valence-corrected chi connectivity index (χ3v) is 4.08. The van der Waals surface area contributed by atoms with E-state index in [0.717, 1.165) is 0 Å². The summed E-state index contributed by atoms with van der Waals surface area (Å²) in [7, 11) is 0. The summed E-state index contributed by atoms with van der Waals surface area (Å²) in [5.41, 5.74) is -0.511. The number of nitrogens with one attached hydrogen (secondary N) is 3. The van der Waals surface area contributed by atoms with E-state index in [2.05, 4.69) is 16.0 Å². The Balaban J connectivity index is 0.000000646. The van der Waals surface area contributed by atoms with E-state index in [4.69, 9.17) is 9.47 Å². The summed E-state index contributed by atoms with van der Waals surface area (Å²) in [6.07, 6.45) is 14.7. The van der Waals surface area contributed by atoms with E-state index >= 15 is 0 Å². The Bertz CT molecular complexity index is 642. The molecule has 3 N–H and O–H groups in total. The summed E-state index contributed by atoms with van der Waals surface area (Å²) in [5.74, 6) is 0.799. The number of ether oxygens (including phenoxy) is 2. The van der Waals surface area contributed by atoms with Crippen molar-refractivity contribution in [3.63, 3.8) is 0 Å². The number of amides is 3. The molecule has 0 aromatic rings. The van der Waals surface area contributed by atoms with Crippen LogP contribution in [0.2, 0.25) is 0 Å². The second-order valence-electron chi connectivity index (χ2n) is 8.20. The summed E-state index contributed by atoms with van der Waals surface area (Å²) in [6, 6.07) is 0. The molecule has 192 valence electrons. The average molecular weight is 529 g/mol. The molecule has 0 aromatic carbocycles. The van der Waals surface area contributed by atoms with Crippen molar-refractivity contribution in [1.29, 1.82) is 0 Å². The van der Waals surface area contributed by atoms with Gasteiger partial charge in [-0.25, -0.2) is 4.79 Å². The molecule has 2 aliphatic carbocycles. The van der Waals surface area contributed by atoms with Crippen LogP contribution in [0.4, 0.5) is 4.79 Å². The van der Waals surface area contributed by atoms with Crippen molar-refractivity contribution in [3.05, 3.63) is 63.2 Å². The van der Waals surface area contributed by atoms with Crippen molar-refractivity contribution < 1.29 is 45.7 Å². The fourth-order valence-electron chi connectivity index (χ4n) is 2.58. The molecule has 0 heterocycles. The number of esters is 1. The molecule has 0 aromatic heterocycles. The molecule has 0 bridgehead atoms. The number of alkyl carbamates (subject to hydrolysis) is 1. The number of carbonyl (C=O) groups is 4. The first-order chi connectivity index (χ1) is 16.1. The maximum absolute atomic E-state index is 11.5. The van der Waals surface area contributed by atoms with Gasteiger partial charge in [-0.2, -0.15) is 0 Å². The molecule has 0 aliphatic heterocycles.